The fraction of sp³-hybridized carbons (Fsp3) is 0.455. The lowest BCUT2D eigenvalue weighted by atomic mass is 10.0. The van der Waals surface area contributed by atoms with Crippen LogP contribution in [-0.4, -0.2) is 33.3 Å². The number of rotatable bonds is 5. The number of nitrogens with zero attached hydrogens (tertiary/aromatic N) is 1. The van der Waals surface area contributed by atoms with E-state index in [0.717, 1.165) is 0 Å². The molecule has 0 aliphatic rings. The van der Waals surface area contributed by atoms with Gasteiger partial charge in [0.05, 0.1) is 5.60 Å². The van der Waals surface area contributed by atoms with E-state index >= 15 is 0 Å². The van der Waals surface area contributed by atoms with Crippen LogP contribution in [0.4, 0.5) is 5.82 Å². The highest BCUT2D eigenvalue weighted by molar-refractivity contribution is 5.85. The van der Waals surface area contributed by atoms with Crippen molar-refractivity contribution in [1.29, 1.82) is 0 Å². The first-order valence-corrected chi connectivity index (χ1v) is 5.11. The Morgan fingerprint density at radius 3 is 2.81 bits per heavy atom. The summed E-state index contributed by atoms with van der Waals surface area (Å²) in [5, 5.41) is 21.4. The van der Waals surface area contributed by atoms with Crippen molar-refractivity contribution >= 4 is 11.8 Å². The molecule has 88 valence electrons. The zero-order chi connectivity index (χ0) is 12.2. The van der Waals surface area contributed by atoms with Gasteiger partial charge in [-0.15, -0.1) is 0 Å². The van der Waals surface area contributed by atoms with Crippen LogP contribution in [0.2, 0.25) is 0 Å². The molecule has 1 aromatic rings. The second kappa shape index (κ2) is 4.94. The molecule has 0 radical (unpaired) electrons. The molecule has 0 saturated heterocycles. The number of aromatic carboxylic acids is 1. The Bertz CT molecular complexity index is 377. The third-order valence-electron chi connectivity index (χ3n) is 2.38. The minimum atomic E-state index is -1.06. The highest BCUT2D eigenvalue weighted by Gasteiger charge is 2.17. The summed E-state index contributed by atoms with van der Waals surface area (Å²) in [6, 6.07) is 4.70. The van der Waals surface area contributed by atoms with Gasteiger partial charge < -0.3 is 15.5 Å². The quantitative estimate of drug-likeness (QED) is 0.703. The Balaban J connectivity index is 2.68. The van der Waals surface area contributed by atoms with Crippen LogP contribution in [0, 0.1) is 0 Å². The lowest BCUT2D eigenvalue weighted by molar-refractivity contribution is 0.0690. The maximum atomic E-state index is 10.7. The predicted octanol–water partition coefficient (Wildman–Crippen LogP) is 1.35. The lowest BCUT2D eigenvalue weighted by Crippen LogP contribution is -2.32. The van der Waals surface area contributed by atoms with Gasteiger partial charge in [0.15, 0.2) is 5.69 Å². The fourth-order valence-electron chi connectivity index (χ4n) is 1.06. The average molecular weight is 224 g/mol. The van der Waals surface area contributed by atoms with Crippen LogP contribution in [-0.2, 0) is 0 Å². The van der Waals surface area contributed by atoms with Crippen molar-refractivity contribution in [1.82, 2.24) is 4.98 Å². The molecule has 0 aliphatic carbocycles. The second-order valence-electron chi connectivity index (χ2n) is 3.92. The first-order valence-electron chi connectivity index (χ1n) is 5.11. The van der Waals surface area contributed by atoms with E-state index in [1.54, 1.807) is 19.1 Å². The summed E-state index contributed by atoms with van der Waals surface area (Å²) < 4.78 is 0. The van der Waals surface area contributed by atoms with Gasteiger partial charge in [0.2, 0.25) is 0 Å². The van der Waals surface area contributed by atoms with Crippen LogP contribution in [0.15, 0.2) is 18.2 Å². The van der Waals surface area contributed by atoms with Gasteiger partial charge in [-0.2, -0.15) is 0 Å². The number of anilines is 1. The summed E-state index contributed by atoms with van der Waals surface area (Å²) in [6.45, 7) is 3.92. The molecule has 3 N–H and O–H groups in total. The van der Waals surface area contributed by atoms with E-state index in [1.165, 1.54) is 6.07 Å². The van der Waals surface area contributed by atoms with Crippen molar-refractivity contribution in [3.63, 3.8) is 0 Å². The normalized spacial score (nSPS) is 14.2. The highest BCUT2D eigenvalue weighted by Crippen LogP contribution is 2.11. The van der Waals surface area contributed by atoms with Crippen LogP contribution in [0.5, 0.6) is 0 Å². The Morgan fingerprint density at radius 2 is 2.25 bits per heavy atom. The zero-order valence-corrected chi connectivity index (χ0v) is 9.40. The van der Waals surface area contributed by atoms with Gasteiger partial charge in [0, 0.05) is 6.54 Å². The molecule has 0 bridgehead atoms. The molecule has 16 heavy (non-hydrogen) atoms. The van der Waals surface area contributed by atoms with E-state index in [0.29, 0.717) is 18.8 Å². The van der Waals surface area contributed by atoms with Crippen molar-refractivity contribution in [3.05, 3.63) is 23.9 Å². The first-order chi connectivity index (χ1) is 7.44. The molecule has 1 atom stereocenters. The Hall–Kier alpha value is -1.62. The Morgan fingerprint density at radius 1 is 1.56 bits per heavy atom. The lowest BCUT2D eigenvalue weighted by Gasteiger charge is -2.21. The molecule has 0 amide bonds. The standard InChI is InChI=1S/C11H16N2O3/c1-3-11(2,16)7-12-9-6-4-5-8(13-9)10(14)15/h4-6,16H,3,7H2,1-2H3,(H,12,13)(H,14,15). The van der Waals surface area contributed by atoms with Crippen LogP contribution >= 0.6 is 0 Å². The Kier molecular flexibility index (Phi) is 3.84. The van der Waals surface area contributed by atoms with Crippen LogP contribution < -0.4 is 5.32 Å². The largest absolute Gasteiger partial charge is 0.477 e. The number of pyridine rings is 1. The third-order valence-corrected chi connectivity index (χ3v) is 2.38. The summed E-state index contributed by atoms with van der Waals surface area (Å²) in [6.07, 6.45) is 0.610. The topological polar surface area (TPSA) is 82.5 Å². The molecule has 1 heterocycles. The van der Waals surface area contributed by atoms with Gasteiger partial charge in [-0.3, -0.25) is 0 Å². The second-order valence-corrected chi connectivity index (χ2v) is 3.92. The molecule has 0 aromatic carbocycles. The van der Waals surface area contributed by atoms with Crippen LogP contribution in [0.3, 0.4) is 0 Å². The molecule has 5 heteroatoms. The molecule has 1 aromatic heterocycles. The molecule has 0 spiro atoms. The van der Waals surface area contributed by atoms with Gasteiger partial charge >= 0.3 is 5.97 Å². The van der Waals surface area contributed by atoms with E-state index in [-0.39, 0.29) is 5.69 Å². The van der Waals surface area contributed by atoms with E-state index in [4.69, 9.17) is 5.11 Å². The third kappa shape index (κ3) is 3.51. The van der Waals surface area contributed by atoms with Crippen molar-refractivity contribution in [2.45, 2.75) is 25.9 Å². The van der Waals surface area contributed by atoms with Gasteiger partial charge in [-0.05, 0) is 25.5 Å². The van der Waals surface area contributed by atoms with E-state index in [9.17, 15) is 9.90 Å². The molecule has 0 aliphatic heterocycles. The first kappa shape index (κ1) is 12.4. The maximum Gasteiger partial charge on any atom is 0.354 e. The number of hydrogen-bond acceptors (Lipinski definition) is 4. The number of aliphatic hydroxyl groups is 1. The zero-order valence-electron chi connectivity index (χ0n) is 9.40. The summed E-state index contributed by atoms with van der Waals surface area (Å²) in [7, 11) is 0. The minimum absolute atomic E-state index is 0.0128. The smallest absolute Gasteiger partial charge is 0.354 e. The fourth-order valence-corrected chi connectivity index (χ4v) is 1.06. The molecule has 0 saturated carbocycles. The van der Waals surface area contributed by atoms with Crippen molar-refractivity contribution in [2.75, 3.05) is 11.9 Å². The van der Waals surface area contributed by atoms with E-state index in [1.807, 2.05) is 6.92 Å². The van der Waals surface area contributed by atoms with E-state index < -0.39 is 11.6 Å². The van der Waals surface area contributed by atoms with E-state index in [2.05, 4.69) is 10.3 Å². The number of carboxylic acids is 1. The van der Waals surface area contributed by atoms with Crippen LogP contribution in [0.25, 0.3) is 0 Å². The average Bonchev–Trinajstić information content (AvgIpc) is 2.27. The number of aromatic nitrogens is 1. The van der Waals surface area contributed by atoms with Crippen LogP contribution in [0.1, 0.15) is 30.8 Å². The summed E-state index contributed by atoms with van der Waals surface area (Å²) >= 11 is 0. The SMILES string of the molecule is CCC(C)(O)CNc1cccc(C(=O)O)n1. The van der Waals surface area contributed by atoms with Crippen molar-refractivity contribution < 1.29 is 15.0 Å². The summed E-state index contributed by atoms with van der Waals surface area (Å²) in [5.41, 5.74) is -0.831. The molecule has 5 nitrogen and oxygen atoms in total. The van der Waals surface area contributed by atoms with Gasteiger partial charge in [0.1, 0.15) is 5.82 Å². The molecule has 0 fully saturated rings. The number of carbonyl (C=O) groups is 1. The van der Waals surface area contributed by atoms with Gasteiger partial charge in [0.25, 0.3) is 0 Å². The molecule has 1 unspecified atom stereocenters. The summed E-state index contributed by atoms with van der Waals surface area (Å²) in [5.74, 6) is -0.612. The number of nitrogens with one attached hydrogen (secondary N) is 1. The summed E-state index contributed by atoms with van der Waals surface area (Å²) in [4.78, 5) is 14.6. The highest BCUT2D eigenvalue weighted by atomic mass is 16.4. The Labute approximate surface area is 94.1 Å². The molecule has 1 rings (SSSR count). The molecular weight excluding hydrogens is 208 g/mol. The number of hydrogen-bond donors (Lipinski definition) is 3. The monoisotopic (exact) mass is 224 g/mol. The van der Waals surface area contributed by atoms with Crippen molar-refractivity contribution in [3.8, 4) is 0 Å². The van der Waals surface area contributed by atoms with Gasteiger partial charge in [-0.1, -0.05) is 13.0 Å². The predicted molar refractivity (Wildman–Crippen MR) is 60.6 cm³/mol. The van der Waals surface area contributed by atoms with Gasteiger partial charge in [-0.25, -0.2) is 9.78 Å². The van der Waals surface area contributed by atoms with Crippen molar-refractivity contribution in [2.24, 2.45) is 0 Å². The molecular formula is C11H16N2O3. The number of carboxylic acid groups (broad SMARTS) is 1. The maximum absolute atomic E-state index is 10.7. The minimum Gasteiger partial charge on any atom is -0.477 e.